The standard InChI is InChI=1S/C22H22N2O4/c1-14(21(25)24-13-15-5-4-10-23-12-15)27-16-8-9-18-17-6-2-3-7-19(17)22(26)28-20(18)11-16/h4-5,8-12,14H,2-3,6-7,13H2,1H3,(H,24,25)/t14-/m1/s1. The van der Waals surface area contributed by atoms with Gasteiger partial charge in [-0.15, -0.1) is 0 Å². The summed E-state index contributed by atoms with van der Waals surface area (Å²) in [6.45, 7) is 2.07. The van der Waals surface area contributed by atoms with E-state index in [1.807, 2.05) is 24.3 Å². The predicted molar refractivity (Wildman–Crippen MR) is 105 cm³/mol. The van der Waals surface area contributed by atoms with E-state index in [0.29, 0.717) is 17.9 Å². The molecule has 6 nitrogen and oxygen atoms in total. The van der Waals surface area contributed by atoms with Crippen molar-refractivity contribution in [3.8, 4) is 5.75 Å². The number of nitrogens with one attached hydrogen (secondary N) is 1. The average Bonchev–Trinajstić information content (AvgIpc) is 2.73. The second kappa shape index (κ2) is 7.84. The van der Waals surface area contributed by atoms with Crippen LogP contribution in [-0.2, 0) is 24.2 Å². The van der Waals surface area contributed by atoms with E-state index in [9.17, 15) is 9.59 Å². The van der Waals surface area contributed by atoms with Crippen LogP contribution in [0.15, 0.2) is 51.9 Å². The first-order valence-corrected chi connectivity index (χ1v) is 9.54. The summed E-state index contributed by atoms with van der Waals surface area (Å²) < 4.78 is 11.3. The van der Waals surface area contributed by atoms with Crippen LogP contribution in [0.5, 0.6) is 5.75 Å². The van der Waals surface area contributed by atoms with Crippen molar-refractivity contribution in [1.29, 1.82) is 0 Å². The fourth-order valence-corrected chi connectivity index (χ4v) is 3.59. The van der Waals surface area contributed by atoms with Gasteiger partial charge in [-0.25, -0.2) is 4.79 Å². The molecule has 4 rings (SSSR count). The quantitative estimate of drug-likeness (QED) is 0.690. The van der Waals surface area contributed by atoms with Gasteiger partial charge < -0.3 is 14.5 Å². The second-order valence-corrected chi connectivity index (χ2v) is 7.05. The molecular weight excluding hydrogens is 356 g/mol. The number of hydrogen-bond acceptors (Lipinski definition) is 5. The largest absolute Gasteiger partial charge is 0.481 e. The average molecular weight is 378 g/mol. The van der Waals surface area contributed by atoms with Crippen molar-refractivity contribution in [1.82, 2.24) is 10.3 Å². The van der Waals surface area contributed by atoms with Crippen molar-refractivity contribution in [2.24, 2.45) is 0 Å². The van der Waals surface area contributed by atoms with Gasteiger partial charge in [-0.1, -0.05) is 6.07 Å². The van der Waals surface area contributed by atoms with Crippen LogP contribution in [0.3, 0.4) is 0 Å². The van der Waals surface area contributed by atoms with Gasteiger partial charge >= 0.3 is 5.63 Å². The van der Waals surface area contributed by atoms with Crippen LogP contribution in [-0.4, -0.2) is 17.0 Å². The lowest BCUT2D eigenvalue weighted by molar-refractivity contribution is -0.127. The number of aryl methyl sites for hydroxylation is 1. The normalized spacial score (nSPS) is 14.3. The molecule has 1 N–H and O–H groups in total. The molecule has 1 atom stereocenters. The molecule has 0 saturated heterocycles. The number of amides is 1. The van der Waals surface area contributed by atoms with E-state index >= 15 is 0 Å². The fraction of sp³-hybridized carbons (Fsp3) is 0.318. The van der Waals surface area contributed by atoms with E-state index in [2.05, 4.69) is 10.3 Å². The lowest BCUT2D eigenvalue weighted by Crippen LogP contribution is -2.35. The summed E-state index contributed by atoms with van der Waals surface area (Å²) in [4.78, 5) is 28.6. The van der Waals surface area contributed by atoms with E-state index in [4.69, 9.17) is 9.15 Å². The molecule has 2 aromatic heterocycles. The molecule has 28 heavy (non-hydrogen) atoms. The van der Waals surface area contributed by atoms with Gasteiger partial charge in [0.2, 0.25) is 0 Å². The fourth-order valence-electron chi connectivity index (χ4n) is 3.59. The van der Waals surface area contributed by atoms with Crippen LogP contribution in [0.2, 0.25) is 0 Å². The van der Waals surface area contributed by atoms with E-state index in [0.717, 1.165) is 47.8 Å². The Labute approximate surface area is 162 Å². The highest BCUT2D eigenvalue weighted by molar-refractivity contribution is 5.83. The maximum Gasteiger partial charge on any atom is 0.339 e. The van der Waals surface area contributed by atoms with Crippen LogP contribution in [0.25, 0.3) is 11.0 Å². The van der Waals surface area contributed by atoms with E-state index in [-0.39, 0.29) is 11.5 Å². The summed E-state index contributed by atoms with van der Waals surface area (Å²) in [6, 6.07) is 9.14. The maximum absolute atomic E-state index is 12.3. The number of carbonyl (C=O) groups is 1. The topological polar surface area (TPSA) is 81.4 Å². The second-order valence-electron chi connectivity index (χ2n) is 7.05. The molecule has 0 bridgehead atoms. The third-order valence-corrected chi connectivity index (χ3v) is 5.07. The van der Waals surface area contributed by atoms with Crippen LogP contribution < -0.4 is 15.7 Å². The highest BCUT2D eigenvalue weighted by atomic mass is 16.5. The Kier molecular flexibility index (Phi) is 5.10. The lowest BCUT2D eigenvalue weighted by atomic mass is 9.91. The molecule has 0 radical (unpaired) electrons. The molecule has 0 fully saturated rings. The summed E-state index contributed by atoms with van der Waals surface area (Å²) in [5, 5.41) is 3.78. The Morgan fingerprint density at radius 3 is 2.86 bits per heavy atom. The first-order chi connectivity index (χ1) is 13.6. The lowest BCUT2D eigenvalue weighted by Gasteiger charge is -2.17. The van der Waals surface area contributed by atoms with Crippen molar-refractivity contribution >= 4 is 16.9 Å². The van der Waals surface area contributed by atoms with Gasteiger partial charge in [0, 0.05) is 36.0 Å². The van der Waals surface area contributed by atoms with Crippen LogP contribution in [0.1, 0.15) is 36.5 Å². The smallest absolute Gasteiger partial charge is 0.339 e. The molecule has 6 heteroatoms. The molecule has 1 amide bonds. The van der Waals surface area contributed by atoms with Crippen LogP contribution in [0.4, 0.5) is 0 Å². The van der Waals surface area contributed by atoms with Gasteiger partial charge in [0.25, 0.3) is 5.91 Å². The summed E-state index contributed by atoms with van der Waals surface area (Å²) in [6.07, 6.45) is 6.49. The number of pyridine rings is 1. The summed E-state index contributed by atoms with van der Waals surface area (Å²) in [7, 11) is 0. The molecule has 1 aromatic carbocycles. The third kappa shape index (κ3) is 3.76. The van der Waals surface area contributed by atoms with Gasteiger partial charge in [0.15, 0.2) is 6.10 Å². The van der Waals surface area contributed by atoms with Gasteiger partial charge in [-0.2, -0.15) is 0 Å². The van der Waals surface area contributed by atoms with Crippen molar-refractivity contribution in [3.63, 3.8) is 0 Å². The van der Waals surface area contributed by atoms with Crippen molar-refractivity contribution in [3.05, 3.63) is 69.8 Å². The number of carbonyl (C=O) groups excluding carboxylic acids is 1. The van der Waals surface area contributed by atoms with E-state index in [1.165, 1.54) is 0 Å². The number of aromatic nitrogens is 1. The molecule has 0 aliphatic heterocycles. The minimum atomic E-state index is -0.682. The minimum Gasteiger partial charge on any atom is -0.481 e. The van der Waals surface area contributed by atoms with E-state index < -0.39 is 6.10 Å². The Balaban J connectivity index is 1.48. The number of benzene rings is 1. The minimum absolute atomic E-state index is 0.226. The highest BCUT2D eigenvalue weighted by Gasteiger charge is 2.19. The van der Waals surface area contributed by atoms with Gasteiger partial charge in [0.1, 0.15) is 11.3 Å². The van der Waals surface area contributed by atoms with Gasteiger partial charge in [-0.3, -0.25) is 9.78 Å². The highest BCUT2D eigenvalue weighted by Crippen LogP contribution is 2.29. The zero-order valence-electron chi connectivity index (χ0n) is 15.7. The van der Waals surface area contributed by atoms with Gasteiger partial charge in [-0.05, 0) is 61.9 Å². The van der Waals surface area contributed by atoms with Crippen LogP contribution >= 0.6 is 0 Å². The first-order valence-electron chi connectivity index (χ1n) is 9.54. The maximum atomic E-state index is 12.3. The Hall–Kier alpha value is -3.15. The van der Waals surface area contributed by atoms with Crippen LogP contribution in [0, 0.1) is 0 Å². The Morgan fingerprint density at radius 2 is 2.07 bits per heavy atom. The third-order valence-electron chi connectivity index (χ3n) is 5.07. The zero-order valence-corrected chi connectivity index (χ0v) is 15.7. The summed E-state index contributed by atoms with van der Waals surface area (Å²) >= 11 is 0. The molecule has 144 valence electrons. The molecule has 0 saturated carbocycles. The number of hydrogen-bond donors (Lipinski definition) is 1. The molecular formula is C22H22N2O4. The molecule has 1 aliphatic rings. The molecule has 1 aliphatic carbocycles. The van der Waals surface area contributed by atoms with Gasteiger partial charge in [0.05, 0.1) is 0 Å². The number of ether oxygens (including phenoxy) is 1. The summed E-state index contributed by atoms with van der Waals surface area (Å²) in [5.74, 6) is 0.270. The predicted octanol–water partition coefficient (Wildman–Crippen LogP) is 3.15. The number of nitrogens with zero attached hydrogens (tertiary/aromatic N) is 1. The van der Waals surface area contributed by atoms with E-state index in [1.54, 1.807) is 25.4 Å². The molecule has 0 spiro atoms. The monoisotopic (exact) mass is 378 g/mol. The molecule has 2 heterocycles. The first kappa shape index (κ1) is 18.2. The SMILES string of the molecule is C[C@@H](Oc1ccc2c3c(c(=O)oc2c1)CCCC3)C(=O)NCc1cccnc1. The van der Waals surface area contributed by atoms with Crippen molar-refractivity contribution in [2.75, 3.05) is 0 Å². The number of rotatable bonds is 5. The van der Waals surface area contributed by atoms with Crippen molar-refractivity contribution in [2.45, 2.75) is 45.3 Å². The Morgan fingerprint density at radius 1 is 1.25 bits per heavy atom. The zero-order chi connectivity index (χ0) is 19.5. The molecule has 0 unspecified atom stereocenters. The Bertz CT molecular complexity index is 1060. The number of fused-ring (bicyclic) bond motifs is 3. The summed E-state index contributed by atoms with van der Waals surface area (Å²) in [5.41, 5.74) is 3.05. The molecule has 3 aromatic rings. The van der Waals surface area contributed by atoms with Crippen molar-refractivity contribution < 1.29 is 13.9 Å².